The first-order chi connectivity index (χ1) is 8.63. The molecule has 0 unspecified atom stereocenters. The summed E-state index contributed by atoms with van der Waals surface area (Å²) >= 11 is 0. The fourth-order valence-electron chi connectivity index (χ4n) is 2.20. The second-order valence-electron chi connectivity index (χ2n) is 6.03. The van der Waals surface area contributed by atoms with Crippen molar-refractivity contribution in [2.75, 3.05) is 0 Å². The summed E-state index contributed by atoms with van der Waals surface area (Å²) in [4.78, 5) is 24.3. The molecule has 0 bridgehead atoms. The first-order valence-corrected chi connectivity index (χ1v) is 6.24. The van der Waals surface area contributed by atoms with Gasteiger partial charge in [-0.15, -0.1) is 0 Å². The van der Waals surface area contributed by atoms with Gasteiger partial charge in [0, 0.05) is 12.0 Å². The van der Waals surface area contributed by atoms with Gasteiger partial charge in [-0.25, -0.2) is 4.79 Å². The van der Waals surface area contributed by atoms with Gasteiger partial charge in [-0.3, -0.25) is 4.79 Å². The van der Waals surface area contributed by atoms with Gasteiger partial charge in [-0.05, 0) is 33.3 Å². The number of carbonyl (C=O) groups is 2. The summed E-state index contributed by atoms with van der Waals surface area (Å²) < 4.78 is 5.15. The van der Waals surface area contributed by atoms with Crippen LogP contribution in [0.4, 0.5) is 0 Å². The molecule has 1 aromatic rings. The van der Waals surface area contributed by atoms with Gasteiger partial charge in [0.15, 0.2) is 0 Å². The smallest absolute Gasteiger partial charge is 0.347 e. The highest BCUT2D eigenvalue weighted by Gasteiger charge is 2.52. The van der Waals surface area contributed by atoms with Crippen LogP contribution in [0.2, 0.25) is 0 Å². The van der Waals surface area contributed by atoms with E-state index in [-0.39, 0.29) is 6.42 Å². The summed E-state index contributed by atoms with van der Waals surface area (Å²) in [5, 5.41) is 10.4. The molecule has 1 aliphatic rings. The Bertz CT molecular complexity index is 554. The van der Waals surface area contributed by atoms with Gasteiger partial charge in [-0.1, -0.05) is 23.8 Å². The van der Waals surface area contributed by atoms with Crippen molar-refractivity contribution < 1.29 is 19.4 Å². The Morgan fingerprint density at radius 2 is 2.00 bits per heavy atom. The molecule has 0 saturated heterocycles. The number of carbonyl (C=O) groups excluding carboxylic acids is 2. The first-order valence-electron chi connectivity index (χ1n) is 6.24. The lowest BCUT2D eigenvalue weighted by molar-refractivity contribution is -0.171. The van der Waals surface area contributed by atoms with Crippen molar-refractivity contribution >= 4 is 11.8 Å². The van der Waals surface area contributed by atoms with Gasteiger partial charge in [0.25, 0.3) is 0 Å². The SMILES string of the molecule is Cc1ccc2c(c1)C[C@@](O)(C(=O)OC(C)(C)C)C2=O. The topological polar surface area (TPSA) is 63.6 Å². The molecular formula is C15H18O4. The quantitative estimate of drug-likeness (QED) is 0.619. The zero-order chi connectivity index (χ0) is 14.4. The molecule has 0 saturated carbocycles. The third-order valence-corrected chi connectivity index (χ3v) is 3.06. The number of benzene rings is 1. The average molecular weight is 262 g/mol. The first kappa shape index (κ1) is 13.7. The van der Waals surface area contributed by atoms with Crippen molar-refractivity contribution in [3.8, 4) is 0 Å². The fraction of sp³-hybridized carbons (Fsp3) is 0.467. The Labute approximate surface area is 112 Å². The molecule has 0 fully saturated rings. The summed E-state index contributed by atoms with van der Waals surface area (Å²) in [6.07, 6.45) is -0.0161. The van der Waals surface area contributed by atoms with Crippen molar-refractivity contribution in [1.82, 2.24) is 0 Å². The molecule has 1 aromatic carbocycles. The summed E-state index contributed by atoms with van der Waals surface area (Å²) in [6.45, 7) is 7.00. The van der Waals surface area contributed by atoms with E-state index in [1.807, 2.05) is 13.0 Å². The van der Waals surface area contributed by atoms with E-state index in [0.29, 0.717) is 11.1 Å². The van der Waals surface area contributed by atoms with Crippen molar-refractivity contribution in [3.63, 3.8) is 0 Å². The number of aliphatic hydroxyl groups is 1. The molecular weight excluding hydrogens is 244 g/mol. The summed E-state index contributed by atoms with van der Waals surface area (Å²) in [5.74, 6) is -1.45. The lowest BCUT2D eigenvalue weighted by Gasteiger charge is -2.25. The molecule has 102 valence electrons. The van der Waals surface area contributed by atoms with E-state index in [4.69, 9.17) is 4.74 Å². The van der Waals surface area contributed by atoms with Crippen molar-refractivity contribution in [2.45, 2.75) is 45.3 Å². The lowest BCUT2D eigenvalue weighted by atomic mass is 9.99. The van der Waals surface area contributed by atoms with E-state index >= 15 is 0 Å². The highest BCUT2D eigenvalue weighted by Crippen LogP contribution is 2.32. The Morgan fingerprint density at radius 3 is 2.58 bits per heavy atom. The standard InChI is InChI=1S/C15H18O4/c1-9-5-6-11-10(7-9)8-15(18,12(11)16)13(17)19-14(2,3)4/h5-7,18H,8H2,1-4H3/t15-/m0/s1. The van der Waals surface area contributed by atoms with Crippen LogP contribution in [0.1, 0.15) is 42.3 Å². The highest BCUT2D eigenvalue weighted by atomic mass is 16.6. The molecule has 0 aliphatic heterocycles. The van der Waals surface area contributed by atoms with Gasteiger partial charge >= 0.3 is 5.97 Å². The van der Waals surface area contributed by atoms with Gasteiger partial charge in [0.05, 0.1) is 0 Å². The normalized spacial score (nSPS) is 22.3. The number of Topliss-reactive ketones (excluding diaryl/α,β-unsaturated/α-hetero) is 1. The van der Waals surface area contributed by atoms with Gasteiger partial charge in [0.1, 0.15) is 5.60 Å². The van der Waals surface area contributed by atoms with Crippen LogP contribution in [0.25, 0.3) is 0 Å². The van der Waals surface area contributed by atoms with Crippen LogP contribution in [-0.4, -0.2) is 28.1 Å². The van der Waals surface area contributed by atoms with E-state index in [9.17, 15) is 14.7 Å². The molecule has 1 aliphatic carbocycles. The third-order valence-electron chi connectivity index (χ3n) is 3.06. The van der Waals surface area contributed by atoms with Crippen LogP contribution in [-0.2, 0) is 16.0 Å². The molecule has 4 nitrogen and oxygen atoms in total. The molecule has 0 aromatic heterocycles. The molecule has 1 N–H and O–H groups in total. The number of ketones is 1. The molecule has 0 heterocycles. The number of hydrogen-bond acceptors (Lipinski definition) is 4. The van der Waals surface area contributed by atoms with Crippen LogP contribution < -0.4 is 0 Å². The van der Waals surface area contributed by atoms with Crippen molar-refractivity contribution in [1.29, 1.82) is 0 Å². The van der Waals surface area contributed by atoms with E-state index < -0.39 is 23.0 Å². The number of esters is 1. The van der Waals surface area contributed by atoms with Gasteiger partial charge in [-0.2, -0.15) is 0 Å². The molecule has 0 radical (unpaired) electrons. The zero-order valence-corrected chi connectivity index (χ0v) is 11.6. The summed E-state index contributed by atoms with van der Waals surface area (Å²) in [5.41, 5.74) is -0.737. The average Bonchev–Trinajstić information content (AvgIpc) is 2.49. The number of aryl methyl sites for hydroxylation is 1. The minimum Gasteiger partial charge on any atom is -0.457 e. The van der Waals surface area contributed by atoms with Crippen molar-refractivity contribution in [3.05, 3.63) is 34.9 Å². The summed E-state index contributed by atoms with van der Waals surface area (Å²) in [7, 11) is 0. The van der Waals surface area contributed by atoms with E-state index in [1.54, 1.807) is 32.9 Å². The van der Waals surface area contributed by atoms with Gasteiger partial charge in [0.2, 0.25) is 11.4 Å². The second kappa shape index (κ2) is 4.17. The number of ether oxygens (including phenoxy) is 1. The monoisotopic (exact) mass is 262 g/mol. The van der Waals surface area contributed by atoms with Crippen LogP contribution >= 0.6 is 0 Å². The number of rotatable bonds is 1. The zero-order valence-electron chi connectivity index (χ0n) is 11.6. The van der Waals surface area contributed by atoms with Crippen LogP contribution in [0.15, 0.2) is 18.2 Å². The number of fused-ring (bicyclic) bond motifs is 1. The molecule has 2 rings (SSSR count). The number of hydrogen-bond donors (Lipinski definition) is 1. The predicted molar refractivity (Wildman–Crippen MR) is 70.0 cm³/mol. The van der Waals surface area contributed by atoms with Gasteiger partial charge < -0.3 is 9.84 Å². The lowest BCUT2D eigenvalue weighted by Crippen LogP contribution is -2.48. The molecule has 4 heteroatoms. The predicted octanol–water partition coefficient (Wildman–Crippen LogP) is 1.81. The minimum absolute atomic E-state index is 0.0161. The summed E-state index contributed by atoms with van der Waals surface area (Å²) in [6, 6.07) is 5.25. The molecule has 0 amide bonds. The van der Waals surface area contributed by atoms with Crippen LogP contribution in [0, 0.1) is 6.92 Å². The Morgan fingerprint density at radius 1 is 1.37 bits per heavy atom. The maximum atomic E-state index is 12.2. The third kappa shape index (κ3) is 2.40. The Kier molecular flexibility index (Phi) is 3.01. The maximum absolute atomic E-state index is 12.2. The van der Waals surface area contributed by atoms with Crippen LogP contribution in [0.5, 0.6) is 0 Å². The van der Waals surface area contributed by atoms with E-state index in [1.165, 1.54) is 0 Å². The minimum atomic E-state index is -2.08. The molecule has 0 spiro atoms. The molecule has 1 atom stereocenters. The van der Waals surface area contributed by atoms with Crippen LogP contribution in [0.3, 0.4) is 0 Å². The maximum Gasteiger partial charge on any atom is 0.347 e. The van der Waals surface area contributed by atoms with E-state index in [2.05, 4.69) is 0 Å². The largest absolute Gasteiger partial charge is 0.457 e. The second-order valence-corrected chi connectivity index (χ2v) is 6.03. The molecule has 19 heavy (non-hydrogen) atoms. The van der Waals surface area contributed by atoms with Crippen molar-refractivity contribution in [2.24, 2.45) is 0 Å². The Hall–Kier alpha value is -1.68. The fourth-order valence-corrected chi connectivity index (χ4v) is 2.20. The van der Waals surface area contributed by atoms with E-state index in [0.717, 1.165) is 5.56 Å². The Balaban J connectivity index is 2.34. The highest BCUT2D eigenvalue weighted by molar-refractivity contribution is 6.18.